The number of halogens is 1. The van der Waals surface area contributed by atoms with Crippen LogP contribution in [0, 0.1) is 0 Å². The highest BCUT2D eigenvalue weighted by molar-refractivity contribution is 7.80. The number of benzene rings is 2. The number of furan rings is 1. The molecule has 8 heteroatoms. The lowest BCUT2D eigenvalue weighted by Crippen LogP contribution is -2.35. The summed E-state index contributed by atoms with van der Waals surface area (Å²) in [5, 5.41) is 0.819. The zero-order chi connectivity index (χ0) is 22.0. The van der Waals surface area contributed by atoms with Gasteiger partial charge in [-0.05, 0) is 60.7 Å². The number of amides is 1. The molecule has 1 fully saturated rings. The number of thiocarbonyl (C=S) groups is 1. The summed E-state index contributed by atoms with van der Waals surface area (Å²) in [6.07, 6.45) is 1.57. The molecule has 0 aliphatic carbocycles. The Bertz CT molecular complexity index is 1170. The van der Waals surface area contributed by atoms with Crippen molar-refractivity contribution in [2.75, 3.05) is 18.6 Å². The molecule has 4 rings (SSSR count). The average molecular weight is 453 g/mol. The number of esters is 1. The van der Waals surface area contributed by atoms with Crippen LogP contribution in [0.4, 0.5) is 5.69 Å². The van der Waals surface area contributed by atoms with Gasteiger partial charge in [-0.2, -0.15) is 0 Å². The molecule has 0 unspecified atom stereocenters. The summed E-state index contributed by atoms with van der Waals surface area (Å²) in [7, 11) is 1.28. The van der Waals surface area contributed by atoms with Crippen molar-refractivity contribution >= 4 is 52.6 Å². The Labute approximate surface area is 189 Å². The highest BCUT2D eigenvalue weighted by Crippen LogP contribution is 2.30. The summed E-state index contributed by atoms with van der Waals surface area (Å²) >= 11 is 11.5. The van der Waals surface area contributed by atoms with Gasteiger partial charge < -0.3 is 14.1 Å². The molecule has 0 bridgehead atoms. The van der Waals surface area contributed by atoms with Crippen LogP contribution in [0.3, 0.4) is 0 Å². The molecular formula is C23H17ClN2O4S. The Morgan fingerprint density at radius 3 is 2.48 bits per heavy atom. The second kappa shape index (κ2) is 8.75. The zero-order valence-corrected chi connectivity index (χ0v) is 18.0. The van der Waals surface area contributed by atoms with E-state index in [1.165, 1.54) is 16.9 Å². The zero-order valence-electron chi connectivity index (χ0n) is 16.4. The molecule has 6 nitrogen and oxygen atoms in total. The monoisotopic (exact) mass is 452 g/mol. The van der Waals surface area contributed by atoms with E-state index < -0.39 is 5.97 Å². The standard InChI is InChI=1S/C23H17ClN2O4S/c1-29-21(27)14-25-19(22(28)26(23(25)31)17-5-3-2-4-6-17)13-18-11-12-20(30-18)15-7-9-16(24)10-8-15/h2-13H,14H2,1H3/b19-13-. The summed E-state index contributed by atoms with van der Waals surface area (Å²) in [4.78, 5) is 28.0. The summed E-state index contributed by atoms with van der Waals surface area (Å²) in [5.74, 6) is 0.193. The molecule has 1 aliphatic rings. The number of nitrogens with zero attached hydrogens (tertiary/aromatic N) is 2. The van der Waals surface area contributed by atoms with E-state index in [0.29, 0.717) is 22.2 Å². The van der Waals surface area contributed by atoms with E-state index in [2.05, 4.69) is 0 Å². The molecule has 1 saturated heterocycles. The van der Waals surface area contributed by atoms with E-state index in [9.17, 15) is 9.59 Å². The number of ether oxygens (including phenoxy) is 1. The fourth-order valence-electron chi connectivity index (χ4n) is 3.17. The van der Waals surface area contributed by atoms with Gasteiger partial charge in [0.05, 0.1) is 12.8 Å². The highest BCUT2D eigenvalue weighted by atomic mass is 35.5. The van der Waals surface area contributed by atoms with Gasteiger partial charge in [0, 0.05) is 16.7 Å². The fraction of sp³-hybridized carbons (Fsp3) is 0.0870. The van der Waals surface area contributed by atoms with Gasteiger partial charge in [0.15, 0.2) is 5.11 Å². The first-order chi connectivity index (χ1) is 15.0. The summed E-state index contributed by atoms with van der Waals surface area (Å²) in [5.41, 5.74) is 1.67. The lowest BCUT2D eigenvalue weighted by Gasteiger charge is -2.19. The molecule has 1 aliphatic heterocycles. The van der Waals surface area contributed by atoms with Crippen molar-refractivity contribution < 1.29 is 18.7 Å². The topological polar surface area (TPSA) is 63.0 Å². The molecule has 31 heavy (non-hydrogen) atoms. The minimum absolute atomic E-state index is 0.192. The van der Waals surface area contributed by atoms with Gasteiger partial charge in [0.25, 0.3) is 5.91 Å². The maximum absolute atomic E-state index is 13.2. The van der Waals surface area contributed by atoms with Crippen molar-refractivity contribution in [3.8, 4) is 11.3 Å². The third-order valence-electron chi connectivity index (χ3n) is 4.70. The van der Waals surface area contributed by atoms with Crippen LogP contribution in [0.15, 0.2) is 76.8 Å². The second-order valence-electron chi connectivity index (χ2n) is 6.66. The molecule has 0 spiro atoms. The Kier molecular flexibility index (Phi) is 5.88. The van der Waals surface area contributed by atoms with Crippen LogP contribution in [0.25, 0.3) is 17.4 Å². The van der Waals surface area contributed by atoms with E-state index >= 15 is 0 Å². The van der Waals surface area contributed by atoms with Gasteiger partial charge in [-0.25, -0.2) is 0 Å². The number of anilines is 1. The SMILES string of the molecule is COC(=O)CN1C(=S)N(c2ccccc2)C(=O)/C1=C/c1ccc(-c2ccc(Cl)cc2)o1. The Morgan fingerprint density at radius 2 is 1.81 bits per heavy atom. The van der Waals surface area contributed by atoms with Crippen LogP contribution in [-0.2, 0) is 14.3 Å². The normalized spacial score (nSPS) is 15.1. The maximum Gasteiger partial charge on any atom is 0.325 e. The van der Waals surface area contributed by atoms with Crippen molar-refractivity contribution in [1.29, 1.82) is 0 Å². The molecule has 156 valence electrons. The quantitative estimate of drug-likeness (QED) is 0.316. The summed E-state index contributed by atoms with van der Waals surface area (Å²) in [6.45, 7) is -0.193. The van der Waals surface area contributed by atoms with Crippen LogP contribution in [0.1, 0.15) is 5.76 Å². The molecule has 0 radical (unpaired) electrons. The van der Waals surface area contributed by atoms with Crippen molar-refractivity contribution in [2.24, 2.45) is 0 Å². The Hall–Kier alpha value is -3.42. The average Bonchev–Trinajstić information content (AvgIpc) is 3.33. The van der Waals surface area contributed by atoms with E-state index in [1.807, 2.05) is 30.3 Å². The number of carbonyl (C=O) groups excluding carboxylic acids is 2. The first kappa shape index (κ1) is 20.8. The largest absolute Gasteiger partial charge is 0.468 e. The van der Waals surface area contributed by atoms with Crippen molar-refractivity contribution in [1.82, 2.24) is 4.90 Å². The molecule has 0 N–H and O–H groups in total. The molecule has 1 amide bonds. The van der Waals surface area contributed by atoms with Crippen LogP contribution < -0.4 is 4.90 Å². The Balaban J connectivity index is 1.71. The first-order valence-electron chi connectivity index (χ1n) is 9.33. The maximum atomic E-state index is 13.2. The number of para-hydroxylation sites is 1. The molecular weight excluding hydrogens is 436 g/mol. The number of carbonyl (C=O) groups is 2. The summed E-state index contributed by atoms with van der Waals surface area (Å²) in [6, 6.07) is 19.8. The lowest BCUT2D eigenvalue weighted by molar-refractivity contribution is -0.140. The fourth-order valence-corrected chi connectivity index (χ4v) is 3.64. The van der Waals surface area contributed by atoms with E-state index in [-0.39, 0.29) is 23.3 Å². The van der Waals surface area contributed by atoms with Crippen LogP contribution >= 0.6 is 23.8 Å². The predicted octanol–water partition coefficient (Wildman–Crippen LogP) is 4.75. The molecule has 3 aromatic rings. The van der Waals surface area contributed by atoms with E-state index in [1.54, 1.807) is 42.5 Å². The van der Waals surface area contributed by atoms with E-state index in [4.69, 9.17) is 33.0 Å². The van der Waals surface area contributed by atoms with E-state index in [0.717, 1.165) is 5.56 Å². The molecule has 1 aromatic heterocycles. The Morgan fingerprint density at radius 1 is 1.10 bits per heavy atom. The van der Waals surface area contributed by atoms with Gasteiger partial charge in [-0.1, -0.05) is 29.8 Å². The van der Waals surface area contributed by atoms with Crippen LogP contribution in [0.5, 0.6) is 0 Å². The van der Waals surface area contributed by atoms with Gasteiger partial charge in [-0.3, -0.25) is 14.5 Å². The third-order valence-corrected chi connectivity index (χ3v) is 5.35. The second-order valence-corrected chi connectivity index (χ2v) is 7.46. The van der Waals surface area contributed by atoms with Gasteiger partial charge in [0.1, 0.15) is 23.8 Å². The molecule has 0 saturated carbocycles. The number of hydrogen-bond acceptors (Lipinski definition) is 5. The summed E-state index contributed by atoms with van der Waals surface area (Å²) < 4.78 is 10.7. The smallest absolute Gasteiger partial charge is 0.325 e. The van der Waals surface area contributed by atoms with Gasteiger partial charge in [0.2, 0.25) is 0 Å². The number of methoxy groups -OCH3 is 1. The van der Waals surface area contributed by atoms with Crippen LogP contribution in [0.2, 0.25) is 5.02 Å². The highest BCUT2D eigenvalue weighted by Gasteiger charge is 2.40. The minimum atomic E-state index is -0.516. The van der Waals surface area contributed by atoms with Crippen molar-refractivity contribution in [2.45, 2.75) is 0 Å². The molecule has 2 aromatic carbocycles. The first-order valence-corrected chi connectivity index (χ1v) is 10.1. The number of hydrogen-bond donors (Lipinski definition) is 0. The van der Waals surface area contributed by atoms with Crippen LogP contribution in [-0.4, -0.2) is 35.5 Å². The van der Waals surface area contributed by atoms with Gasteiger partial charge in [-0.15, -0.1) is 0 Å². The number of rotatable bonds is 5. The molecule has 2 heterocycles. The molecule has 0 atom stereocenters. The minimum Gasteiger partial charge on any atom is -0.468 e. The van der Waals surface area contributed by atoms with Gasteiger partial charge >= 0.3 is 5.97 Å². The van der Waals surface area contributed by atoms with Crippen molar-refractivity contribution in [3.63, 3.8) is 0 Å². The van der Waals surface area contributed by atoms with Crippen molar-refractivity contribution in [3.05, 3.63) is 83.2 Å². The predicted molar refractivity (Wildman–Crippen MR) is 122 cm³/mol. The lowest BCUT2D eigenvalue weighted by atomic mass is 10.2. The third kappa shape index (κ3) is 4.23.